The highest BCUT2D eigenvalue weighted by Gasteiger charge is 2.22. The molecule has 0 aliphatic carbocycles. The average molecular weight is 562 g/mol. The van der Waals surface area contributed by atoms with Gasteiger partial charge in [0.15, 0.2) is 10.9 Å². The van der Waals surface area contributed by atoms with E-state index >= 15 is 0 Å². The number of methoxy groups -OCH3 is 1. The zero-order valence-electron chi connectivity index (χ0n) is 19.7. The third-order valence-electron chi connectivity index (χ3n) is 5.17. The molecule has 1 amide bonds. The summed E-state index contributed by atoms with van der Waals surface area (Å²) in [5.41, 5.74) is 1.05. The Morgan fingerprint density at radius 2 is 1.68 bits per heavy atom. The molecule has 0 aliphatic heterocycles. The quantitative estimate of drug-likeness (QED) is 0.159. The molecule has 192 valence electrons. The maximum atomic E-state index is 13.0. The van der Waals surface area contributed by atoms with Crippen molar-refractivity contribution in [2.24, 2.45) is 0 Å². The van der Waals surface area contributed by atoms with E-state index in [1.807, 2.05) is 0 Å². The van der Waals surface area contributed by atoms with Crippen LogP contribution in [0.3, 0.4) is 0 Å². The van der Waals surface area contributed by atoms with Gasteiger partial charge in [0, 0.05) is 32.9 Å². The number of carbonyl (C=O) groups excluding carboxylic acids is 2. The second-order valence-electron chi connectivity index (χ2n) is 7.46. The molecule has 3 rings (SSSR count). The molecular weight excluding hydrogens is 541 g/mol. The highest BCUT2D eigenvalue weighted by molar-refractivity contribution is 7.80. The minimum absolute atomic E-state index is 0.00300. The molecule has 0 saturated carbocycles. The number of nitro benzene ring substituents is 1. The number of rotatable bonds is 8. The van der Waals surface area contributed by atoms with Crippen LogP contribution in [-0.2, 0) is 11.3 Å². The van der Waals surface area contributed by atoms with Gasteiger partial charge in [-0.15, -0.1) is 0 Å². The zero-order valence-corrected chi connectivity index (χ0v) is 22.0. The maximum Gasteiger partial charge on any atom is 0.338 e. The Bertz CT molecular complexity index is 1330. The van der Waals surface area contributed by atoms with E-state index in [1.54, 1.807) is 54.3 Å². The first kappa shape index (κ1) is 27.9. The lowest BCUT2D eigenvalue weighted by Gasteiger charge is -2.26. The van der Waals surface area contributed by atoms with Crippen LogP contribution < -0.4 is 15.0 Å². The van der Waals surface area contributed by atoms with Crippen LogP contribution in [0, 0.1) is 10.1 Å². The van der Waals surface area contributed by atoms with Crippen molar-refractivity contribution in [1.82, 2.24) is 5.32 Å². The first-order chi connectivity index (χ1) is 17.7. The second kappa shape index (κ2) is 12.5. The minimum atomic E-state index is -0.672. The Hall–Kier alpha value is -3.73. The van der Waals surface area contributed by atoms with Crippen molar-refractivity contribution in [2.45, 2.75) is 13.5 Å². The molecule has 3 aromatic rings. The number of hydrogen-bond donors (Lipinski definition) is 1. The molecule has 0 aliphatic rings. The summed E-state index contributed by atoms with van der Waals surface area (Å²) >= 11 is 18.3. The monoisotopic (exact) mass is 561 g/mol. The SMILES string of the molecule is CCOC(=O)c1ccc(N(Cc2c(Cl)cccc2Cl)C(=S)NC(=O)c2ccc(OC)c([N+](=O)[O-])c2)cc1. The number of ether oxygens (including phenoxy) is 2. The summed E-state index contributed by atoms with van der Waals surface area (Å²) in [7, 11) is 1.29. The van der Waals surface area contributed by atoms with Crippen molar-refractivity contribution in [3.05, 3.63) is 97.5 Å². The van der Waals surface area contributed by atoms with Crippen molar-refractivity contribution in [3.63, 3.8) is 0 Å². The van der Waals surface area contributed by atoms with E-state index < -0.39 is 16.8 Å². The Kier molecular flexibility index (Phi) is 9.40. The number of nitro groups is 1. The van der Waals surface area contributed by atoms with E-state index in [0.717, 1.165) is 6.07 Å². The maximum absolute atomic E-state index is 13.0. The smallest absolute Gasteiger partial charge is 0.338 e. The molecule has 0 fully saturated rings. The Balaban J connectivity index is 1.94. The largest absolute Gasteiger partial charge is 0.490 e. The average Bonchev–Trinajstić information content (AvgIpc) is 2.88. The van der Waals surface area contributed by atoms with Crippen LogP contribution in [-0.4, -0.2) is 35.6 Å². The predicted molar refractivity (Wildman–Crippen MR) is 145 cm³/mol. The summed E-state index contributed by atoms with van der Waals surface area (Å²) in [6.45, 7) is 2.02. The normalized spacial score (nSPS) is 10.4. The predicted octanol–water partition coefficient (Wildman–Crippen LogP) is 5.81. The van der Waals surface area contributed by atoms with E-state index in [2.05, 4.69) is 5.32 Å². The van der Waals surface area contributed by atoms with Crippen molar-refractivity contribution in [1.29, 1.82) is 0 Å². The lowest BCUT2D eigenvalue weighted by atomic mass is 10.1. The van der Waals surface area contributed by atoms with E-state index in [-0.39, 0.29) is 35.3 Å². The van der Waals surface area contributed by atoms with Crippen molar-refractivity contribution in [2.75, 3.05) is 18.6 Å². The van der Waals surface area contributed by atoms with Gasteiger partial charge in [0.25, 0.3) is 5.91 Å². The molecular formula is C25H21Cl2N3O6S. The van der Waals surface area contributed by atoms with Gasteiger partial charge in [0.05, 0.1) is 30.7 Å². The molecule has 0 bridgehead atoms. The molecule has 0 aromatic heterocycles. The fraction of sp³-hybridized carbons (Fsp3) is 0.160. The third-order valence-corrected chi connectivity index (χ3v) is 6.20. The summed E-state index contributed by atoms with van der Waals surface area (Å²) in [5, 5.41) is 14.7. The van der Waals surface area contributed by atoms with Crippen LogP contribution in [0.1, 0.15) is 33.2 Å². The molecule has 0 atom stereocenters. The Labute approximate surface area is 228 Å². The summed E-state index contributed by atoms with van der Waals surface area (Å²) in [6, 6.07) is 15.2. The van der Waals surface area contributed by atoms with Crippen LogP contribution in [0.4, 0.5) is 11.4 Å². The molecule has 0 heterocycles. The standard InChI is InChI=1S/C25H21Cl2N3O6S/c1-3-36-24(32)15-7-10-17(11-8-15)29(14-18-19(26)5-4-6-20(18)27)25(37)28-23(31)16-9-12-22(35-2)21(13-16)30(33)34/h4-13H,3,14H2,1-2H3,(H,28,31,37). The molecule has 12 heteroatoms. The molecule has 0 saturated heterocycles. The number of hydrogen-bond acceptors (Lipinski definition) is 7. The fourth-order valence-electron chi connectivity index (χ4n) is 3.32. The third kappa shape index (κ3) is 6.73. The molecule has 9 nitrogen and oxygen atoms in total. The van der Waals surface area contributed by atoms with Crippen LogP contribution in [0.2, 0.25) is 10.0 Å². The highest BCUT2D eigenvalue weighted by atomic mass is 35.5. The van der Waals surface area contributed by atoms with Gasteiger partial charge < -0.3 is 14.4 Å². The number of amides is 1. The van der Waals surface area contributed by atoms with E-state index in [9.17, 15) is 19.7 Å². The number of halogens is 2. The van der Waals surface area contributed by atoms with Gasteiger partial charge in [0.2, 0.25) is 0 Å². The number of carbonyl (C=O) groups is 2. The van der Waals surface area contributed by atoms with Gasteiger partial charge in [0.1, 0.15) is 0 Å². The van der Waals surface area contributed by atoms with Gasteiger partial charge in [-0.3, -0.25) is 20.2 Å². The van der Waals surface area contributed by atoms with Gasteiger partial charge in [-0.1, -0.05) is 29.3 Å². The number of nitrogens with zero attached hydrogens (tertiary/aromatic N) is 2. The Morgan fingerprint density at radius 3 is 2.24 bits per heavy atom. The van der Waals surface area contributed by atoms with Gasteiger partial charge >= 0.3 is 11.7 Å². The Morgan fingerprint density at radius 1 is 1.05 bits per heavy atom. The summed E-state index contributed by atoms with van der Waals surface area (Å²) in [6.07, 6.45) is 0. The van der Waals surface area contributed by atoms with Gasteiger partial charge in [-0.25, -0.2) is 4.79 Å². The molecule has 0 spiro atoms. The number of benzene rings is 3. The number of thiocarbonyl (C=S) groups is 1. The summed E-state index contributed by atoms with van der Waals surface area (Å²) in [5.74, 6) is -1.14. The van der Waals surface area contributed by atoms with Gasteiger partial charge in [-0.05, 0) is 67.7 Å². The topological polar surface area (TPSA) is 111 Å². The molecule has 1 N–H and O–H groups in total. The second-order valence-corrected chi connectivity index (χ2v) is 8.66. The lowest BCUT2D eigenvalue weighted by Crippen LogP contribution is -2.42. The highest BCUT2D eigenvalue weighted by Crippen LogP contribution is 2.29. The van der Waals surface area contributed by atoms with Crippen LogP contribution in [0.15, 0.2) is 60.7 Å². The lowest BCUT2D eigenvalue weighted by molar-refractivity contribution is -0.385. The molecule has 0 radical (unpaired) electrons. The van der Waals surface area contributed by atoms with Crippen LogP contribution >= 0.6 is 35.4 Å². The molecule has 3 aromatic carbocycles. The summed E-state index contributed by atoms with van der Waals surface area (Å²) < 4.78 is 10.0. The van der Waals surface area contributed by atoms with Crippen molar-refractivity contribution < 1.29 is 24.0 Å². The number of esters is 1. The first-order valence-corrected chi connectivity index (χ1v) is 12.0. The minimum Gasteiger partial charge on any atom is -0.490 e. The van der Waals surface area contributed by atoms with Crippen molar-refractivity contribution in [3.8, 4) is 5.75 Å². The summed E-state index contributed by atoms with van der Waals surface area (Å²) in [4.78, 5) is 37.3. The molecule has 37 heavy (non-hydrogen) atoms. The zero-order chi connectivity index (χ0) is 27.1. The van der Waals surface area contributed by atoms with Gasteiger partial charge in [-0.2, -0.15) is 0 Å². The number of nitrogens with one attached hydrogen (secondary N) is 1. The van der Waals surface area contributed by atoms with E-state index in [4.69, 9.17) is 44.9 Å². The number of anilines is 1. The van der Waals surface area contributed by atoms with Crippen LogP contribution in [0.5, 0.6) is 5.75 Å². The van der Waals surface area contributed by atoms with E-state index in [0.29, 0.717) is 26.9 Å². The molecule has 0 unspecified atom stereocenters. The van der Waals surface area contributed by atoms with Crippen LogP contribution in [0.25, 0.3) is 0 Å². The van der Waals surface area contributed by atoms with E-state index in [1.165, 1.54) is 19.2 Å². The fourth-order valence-corrected chi connectivity index (χ4v) is 4.10. The first-order valence-electron chi connectivity index (χ1n) is 10.8. The van der Waals surface area contributed by atoms with Crippen molar-refractivity contribution >= 4 is 63.8 Å².